The van der Waals surface area contributed by atoms with Gasteiger partial charge in [0, 0.05) is 41.4 Å². The van der Waals surface area contributed by atoms with Crippen LogP contribution in [0.4, 0.5) is 0 Å². The zero-order valence-electron chi connectivity index (χ0n) is 23.7. The number of hydrogen-bond donors (Lipinski definition) is 0. The van der Waals surface area contributed by atoms with Gasteiger partial charge in [-0.05, 0) is 66.6 Å². The van der Waals surface area contributed by atoms with Crippen molar-refractivity contribution in [2.24, 2.45) is 16.0 Å². The Labute approximate surface area is 238 Å². The van der Waals surface area contributed by atoms with Crippen LogP contribution in [0.25, 0.3) is 10.8 Å². The summed E-state index contributed by atoms with van der Waals surface area (Å²) >= 11 is 3.35. The van der Waals surface area contributed by atoms with E-state index >= 15 is 0 Å². The highest BCUT2D eigenvalue weighted by Gasteiger charge is 2.21. The molecular weight excluding hydrogens is 532 g/mol. The number of aromatic nitrogens is 1. The summed E-state index contributed by atoms with van der Waals surface area (Å²) in [4.78, 5) is 10.4. The zero-order valence-corrected chi connectivity index (χ0v) is 25.3. The third kappa shape index (κ3) is 9.68. The van der Waals surface area contributed by atoms with E-state index in [1.54, 1.807) is 16.2 Å². The van der Waals surface area contributed by atoms with Crippen molar-refractivity contribution in [3.8, 4) is 0 Å². The Morgan fingerprint density at radius 1 is 0.921 bits per heavy atom. The molecular formula is C33H43BrN4. The molecule has 1 aliphatic heterocycles. The first-order chi connectivity index (χ1) is 18.5. The molecule has 38 heavy (non-hydrogen) atoms. The Morgan fingerprint density at radius 3 is 2.13 bits per heavy atom. The minimum Gasteiger partial charge on any atom is -0.264 e. The molecule has 0 atom stereocenters. The maximum atomic E-state index is 4.69. The summed E-state index contributed by atoms with van der Waals surface area (Å²) in [7, 11) is 0. The second kappa shape index (κ2) is 17.5. The lowest BCUT2D eigenvalue weighted by molar-refractivity contribution is 0.447. The number of rotatable bonds is 8. The molecule has 0 saturated carbocycles. The number of allylic oxidation sites excluding steroid dienone is 2. The standard InChI is InChI=1S/C14H22BrN3.C12H12.C7H9N/c1-5-7-12(8-6-2)13-9-11(3)18(16-4)14(10-15)17-13;1-2-10-7-8-11-5-3-4-6-12(11)9-10;1-2-7-4-3-5-8-6-7/h9-10,12H,4-8H2,1-3H3;3-9H,2H2,1H3;3-6H,2H2,1H3/b14-10+;;. The predicted molar refractivity (Wildman–Crippen MR) is 170 cm³/mol. The van der Waals surface area contributed by atoms with E-state index < -0.39 is 0 Å². The number of hydrazone groups is 1. The number of aryl methyl sites for hydroxylation is 2. The lowest BCUT2D eigenvalue weighted by Gasteiger charge is -2.26. The molecule has 4 nitrogen and oxygen atoms in total. The highest BCUT2D eigenvalue weighted by Crippen LogP contribution is 2.26. The number of halogens is 1. The van der Waals surface area contributed by atoms with Crippen molar-refractivity contribution in [1.29, 1.82) is 0 Å². The summed E-state index contributed by atoms with van der Waals surface area (Å²) in [6, 6.07) is 19.1. The van der Waals surface area contributed by atoms with E-state index in [-0.39, 0.29) is 0 Å². The van der Waals surface area contributed by atoms with Gasteiger partial charge in [0.1, 0.15) is 0 Å². The van der Waals surface area contributed by atoms with E-state index in [4.69, 9.17) is 0 Å². The SMILES string of the molecule is C=NN1C(C)=CC(C(CCC)CCC)=N/C1=C\Br.CCc1ccc2ccccc2c1.CCc1cccnc1. The van der Waals surface area contributed by atoms with Crippen LogP contribution in [0.2, 0.25) is 0 Å². The van der Waals surface area contributed by atoms with Gasteiger partial charge in [-0.15, -0.1) is 0 Å². The minimum atomic E-state index is 0.546. The molecule has 1 aliphatic rings. The molecule has 5 heteroatoms. The normalized spacial score (nSPS) is 13.8. The van der Waals surface area contributed by atoms with E-state index in [0.29, 0.717) is 5.92 Å². The van der Waals surface area contributed by atoms with Crippen LogP contribution in [-0.2, 0) is 12.8 Å². The van der Waals surface area contributed by atoms with Gasteiger partial charge >= 0.3 is 0 Å². The summed E-state index contributed by atoms with van der Waals surface area (Å²) < 4.78 is 0. The van der Waals surface area contributed by atoms with Gasteiger partial charge in [-0.1, -0.05) is 105 Å². The second-order valence-electron chi connectivity index (χ2n) is 9.27. The lowest BCUT2D eigenvalue weighted by Crippen LogP contribution is -2.23. The van der Waals surface area contributed by atoms with Crippen LogP contribution in [0.15, 0.2) is 99.7 Å². The minimum absolute atomic E-state index is 0.546. The molecule has 0 spiro atoms. The number of pyridine rings is 1. The molecule has 0 unspecified atom stereocenters. The van der Waals surface area contributed by atoms with E-state index in [0.717, 1.165) is 24.4 Å². The topological polar surface area (TPSA) is 40.9 Å². The Kier molecular flexibility index (Phi) is 14.3. The van der Waals surface area contributed by atoms with Crippen molar-refractivity contribution in [2.45, 2.75) is 73.1 Å². The van der Waals surface area contributed by atoms with E-state index in [2.05, 4.69) is 120 Å². The van der Waals surface area contributed by atoms with Gasteiger partial charge in [0.25, 0.3) is 0 Å². The van der Waals surface area contributed by atoms with Gasteiger partial charge in [-0.2, -0.15) is 5.10 Å². The van der Waals surface area contributed by atoms with Crippen LogP contribution >= 0.6 is 15.9 Å². The fourth-order valence-electron chi connectivity index (χ4n) is 4.33. The quantitative estimate of drug-likeness (QED) is 0.251. The highest BCUT2D eigenvalue weighted by atomic mass is 79.9. The number of fused-ring (bicyclic) bond motifs is 1. The molecule has 202 valence electrons. The maximum Gasteiger partial charge on any atom is 0.160 e. The monoisotopic (exact) mass is 574 g/mol. The molecule has 4 rings (SSSR count). The van der Waals surface area contributed by atoms with Crippen LogP contribution in [0.5, 0.6) is 0 Å². The number of aliphatic imine (C=N–C) groups is 1. The smallest absolute Gasteiger partial charge is 0.160 e. The van der Waals surface area contributed by atoms with Crippen molar-refractivity contribution >= 4 is 39.1 Å². The Morgan fingerprint density at radius 2 is 1.61 bits per heavy atom. The summed E-state index contributed by atoms with van der Waals surface area (Å²) in [5, 5.41) is 8.39. The summed E-state index contributed by atoms with van der Waals surface area (Å²) in [6.45, 7) is 14.4. The first-order valence-corrected chi connectivity index (χ1v) is 14.6. The Balaban J connectivity index is 0.000000217. The van der Waals surface area contributed by atoms with Crippen molar-refractivity contribution < 1.29 is 0 Å². The highest BCUT2D eigenvalue weighted by molar-refractivity contribution is 9.11. The molecule has 0 fully saturated rings. The van der Waals surface area contributed by atoms with Gasteiger partial charge in [0.2, 0.25) is 0 Å². The Hall–Kier alpha value is -3.05. The molecule has 2 heterocycles. The number of benzene rings is 2. The first kappa shape index (κ1) is 31.2. The van der Waals surface area contributed by atoms with Gasteiger partial charge in [-0.3, -0.25) is 4.98 Å². The largest absolute Gasteiger partial charge is 0.264 e. The van der Waals surface area contributed by atoms with Crippen molar-refractivity contribution in [3.05, 3.63) is 101 Å². The molecule has 0 N–H and O–H groups in total. The third-order valence-electron chi connectivity index (χ3n) is 6.44. The van der Waals surface area contributed by atoms with E-state index in [1.807, 2.05) is 19.2 Å². The molecule has 0 saturated heterocycles. The van der Waals surface area contributed by atoms with Gasteiger partial charge < -0.3 is 0 Å². The van der Waals surface area contributed by atoms with Gasteiger partial charge in [-0.25, -0.2) is 10.0 Å². The molecule has 2 aromatic carbocycles. The molecule has 0 aliphatic carbocycles. The van der Waals surface area contributed by atoms with E-state index in [1.165, 1.54) is 53.3 Å². The number of hydrogen-bond acceptors (Lipinski definition) is 4. The summed E-state index contributed by atoms with van der Waals surface area (Å²) in [5.74, 6) is 1.35. The lowest BCUT2D eigenvalue weighted by atomic mass is 9.92. The molecule has 1 aromatic heterocycles. The second-order valence-corrected chi connectivity index (χ2v) is 9.72. The predicted octanol–water partition coefficient (Wildman–Crippen LogP) is 9.72. The van der Waals surface area contributed by atoms with Gasteiger partial charge in [0.15, 0.2) is 5.82 Å². The van der Waals surface area contributed by atoms with Crippen LogP contribution in [0.1, 0.15) is 71.4 Å². The fraction of sp³-hybridized carbons (Fsp3) is 0.364. The van der Waals surface area contributed by atoms with E-state index in [9.17, 15) is 0 Å². The molecule has 0 bridgehead atoms. The van der Waals surface area contributed by atoms with Crippen LogP contribution < -0.4 is 0 Å². The third-order valence-corrected chi connectivity index (χ3v) is 6.85. The Bertz CT molecular complexity index is 1210. The zero-order chi connectivity index (χ0) is 27.8. The van der Waals surface area contributed by atoms with Crippen LogP contribution in [0, 0.1) is 5.92 Å². The summed E-state index contributed by atoms with van der Waals surface area (Å²) in [5.41, 5.74) is 4.95. The molecule has 3 aromatic rings. The van der Waals surface area contributed by atoms with Crippen molar-refractivity contribution in [2.75, 3.05) is 0 Å². The molecule has 0 amide bonds. The van der Waals surface area contributed by atoms with Crippen molar-refractivity contribution in [3.63, 3.8) is 0 Å². The average molecular weight is 576 g/mol. The van der Waals surface area contributed by atoms with Gasteiger partial charge in [0.05, 0.1) is 0 Å². The number of nitrogens with zero attached hydrogens (tertiary/aromatic N) is 4. The fourth-order valence-corrected chi connectivity index (χ4v) is 4.63. The van der Waals surface area contributed by atoms with Crippen LogP contribution in [0.3, 0.4) is 0 Å². The maximum absolute atomic E-state index is 4.69. The first-order valence-electron chi connectivity index (χ1n) is 13.7. The molecule has 0 radical (unpaired) electrons. The van der Waals surface area contributed by atoms with Crippen molar-refractivity contribution in [1.82, 2.24) is 9.99 Å². The average Bonchev–Trinajstić information content (AvgIpc) is 2.97. The van der Waals surface area contributed by atoms with Crippen LogP contribution in [-0.4, -0.2) is 22.4 Å². The summed E-state index contributed by atoms with van der Waals surface area (Å²) in [6.07, 6.45) is 12.8.